The van der Waals surface area contributed by atoms with Gasteiger partial charge in [-0.05, 0) is 50.6 Å². The maximum atomic E-state index is 12.2. The standard InChI is InChI=1S/C18H20ClNO2/c1-12-4-6-15(7-5-12)13(2)20-18(21)14(3)22-17-10-8-16(19)9-11-17/h4-11,13-14H,1-3H3,(H,20,21)/t13-,14+/m0/s1. The van der Waals surface area contributed by atoms with E-state index in [0.717, 1.165) is 5.56 Å². The van der Waals surface area contributed by atoms with Crippen LogP contribution in [0.5, 0.6) is 5.75 Å². The molecule has 0 aliphatic heterocycles. The predicted octanol–water partition coefficient (Wildman–Crippen LogP) is 4.29. The summed E-state index contributed by atoms with van der Waals surface area (Å²) >= 11 is 5.82. The number of nitrogens with one attached hydrogen (secondary N) is 1. The summed E-state index contributed by atoms with van der Waals surface area (Å²) in [6, 6.07) is 15.0. The molecule has 2 aromatic rings. The van der Waals surface area contributed by atoms with Crippen molar-refractivity contribution in [1.29, 1.82) is 0 Å². The van der Waals surface area contributed by atoms with Gasteiger partial charge < -0.3 is 10.1 Å². The van der Waals surface area contributed by atoms with Crippen LogP contribution in [-0.4, -0.2) is 12.0 Å². The Labute approximate surface area is 136 Å². The Balaban J connectivity index is 1.93. The molecule has 0 unspecified atom stereocenters. The second-order valence-corrected chi connectivity index (χ2v) is 5.79. The van der Waals surface area contributed by atoms with Crippen LogP contribution in [0.4, 0.5) is 0 Å². The van der Waals surface area contributed by atoms with E-state index in [2.05, 4.69) is 5.32 Å². The largest absolute Gasteiger partial charge is 0.481 e. The van der Waals surface area contributed by atoms with Gasteiger partial charge in [-0.1, -0.05) is 41.4 Å². The monoisotopic (exact) mass is 317 g/mol. The van der Waals surface area contributed by atoms with Crippen molar-refractivity contribution < 1.29 is 9.53 Å². The molecule has 0 fully saturated rings. The summed E-state index contributed by atoms with van der Waals surface area (Å²) in [6.45, 7) is 5.72. The van der Waals surface area contributed by atoms with Crippen LogP contribution >= 0.6 is 11.6 Å². The average Bonchev–Trinajstić information content (AvgIpc) is 2.50. The molecule has 0 spiro atoms. The second kappa shape index (κ2) is 7.32. The highest BCUT2D eigenvalue weighted by Gasteiger charge is 2.17. The van der Waals surface area contributed by atoms with Gasteiger partial charge >= 0.3 is 0 Å². The number of carbonyl (C=O) groups excluding carboxylic acids is 1. The van der Waals surface area contributed by atoms with Crippen LogP contribution in [0.15, 0.2) is 48.5 Å². The van der Waals surface area contributed by atoms with Gasteiger partial charge in [-0.15, -0.1) is 0 Å². The molecule has 2 rings (SSSR count). The number of amides is 1. The van der Waals surface area contributed by atoms with Crippen molar-refractivity contribution in [2.45, 2.75) is 32.9 Å². The lowest BCUT2D eigenvalue weighted by Crippen LogP contribution is -2.37. The van der Waals surface area contributed by atoms with Crippen LogP contribution in [0.1, 0.15) is 31.0 Å². The van der Waals surface area contributed by atoms with Gasteiger partial charge in [0.2, 0.25) is 0 Å². The first-order chi connectivity index (χ1) is 10.5. The molecule has 0 radical (unpaired) electrons. The molecule has 0 bridgehead atoms. The molecule has 0 saturated carbocycles. The van der Waals surface area contributed by atoms with Gasteiger partial charge in [0.15, 0.2) is 6.10 Å². The Morgan fingerprint density at radius 2 is 1.64 bits per heavy atom. The van der Waals surface area contributed by atoms with Crippen LogP contribution in [0.25, 0.3) is 0 Å². The topological polar surface area (TPSA) is 38.3 Å². The number of ether oxygens (including phenoxy) is 1. The molecule has 0 aromatic heterocycles. The van der Waals surface area contributed by atoms with Gasteiger partial charge in [0.25, 0.3) is 5.91 Å². The minimum Gasteiger partial charge on any atom is -0.481 e. The molecular formula is C18H20ClNO2. The predicted molar refractivity (Wildman–Crippen MR) is 89.3 cm³/mol. The van der Waals surface area contributed by atoms with Crippen molar-refractivity contribution in [3.8, 4) is 5.75 Å². The minimum atomic E-state index is -0.575. The third-order valence-electron chi connectivity index (χ3n) is 3.43. The molecule has 2 atom stereocenters. The second-order valence-electron chi connectivity index (χ2n) is 5.35. The Bertz CT molecular complexity index is 623. The van der Waals surface area contributed by atoms with E-state index in [0.29, 0.717) is 10.8 Å². The molecule has 116 valence electrons. The molecule has 3 nitrogen and oxygen atoms in total. The van der Waals surface area contributed by atoms with E-state index in [-0.39, 0.29) is 11.9 Å². The molecule has 4 heteroatoms. The van der Waals surface area contributed by atoms with E-state index in [1.807, 2.05) is 38.1 Å². The molecular weight excluding hydrogens is 298 g/mol. The van der Waals surface area contributed by atoms with Crippen molar-refractivity contribution in [2.75, 3.05) is 0 Å². The van der Waals surface area contributed by atoms with Crippen LogP contribution in [0.2, 0.25) is 5.02 Å². The van der Waals surface area contributed by atoms with Gasteiger partial charge in [-0.2, -0.15) is 0 Å². The number of benzene rings is 2. The summed E-state index contributed by atoms with van der Waals surface area (Å²) in [5, 5.41) is 3.59. The fraction of sp³-hybridized carbons (Fsp3) is 0.278. The van der Waals surface area contributed by atoms with E-state index >= 15 is 0 Å². The Hall–Kier alpha value is -2.00. The first-order valence-electron chi connectivity index (χ1n) is 7.25. The fourth-order valence-electron chi connectivity index (χ4n) is 2.04. The van der Waals surface area contributed by atoms with Crippen LogP contribution < -0.4 is 10.1 Å². The highest BCUT2D eigenvalue weighted by atomic mass is 35.5. The summed E-state index contributed by atoms with van der Waals surface area (Å²) in [7, 11) is 0. The number of hydrogen-bond acceptors (Lipinski definition) is 2. The number of halogens is 1. The van der Waals surface area contributed by atoms with Gasteiger partial charge in [0, 0.05) is 5.02 Å². The SMILES string of the molecule is Cc1ccc([C@H](C)NC(=O)[C@@H](C)Oc2ccc(Cl)cc2)cc1. The molecule has 0 aliphatic rings. The Morgan fingerprint density at radius 3 is 2.23 bits per heavy atom. The molecule has 0 aliphatic carbocycles. The maximum Gasteiger partial charge on any atom is 0.261 e. The lowest BCUT2D eigenvalue weighted by Gasteiger charge is -2.19. The Kier molecular flexibility index (Phi) is 5.45. The van der Waals surface area contributed by atoms with Crippen molar-refractivity contribution in [1.82, 2.24) is 5.32 Å². The van der Waals surface area contributed by atoms with Crippen molar-refractivity contribution in [3.05, 3.63) is 64.7 Å². The van der Waals surface area contributed by atoms with Crippen LogP contribution in [0, 0.1) is 6.92 Å². The molecule has 22 heavy (non-hydrogen) atoms. The number of rotatable bonds is 5. The quantitative estimate of drug-likeness (QED) is 0.893. The van der Waals surface area contributed by atoms with Gasteiger partial charge in [-0.25, -0.2) is 0 Å². The first kappa shape index (κ1) is 16.4. The van der Waals surface area contributed by atoms with Crippen molar-refractivity contribution in [2.24, 2.45) is 0 Å². The number of hydrogen-bond donors (Lipinski definition) is 1. The Morgan fingerprint density at radius 1 is 1.05 bits per heavy atom. The van der Waals surface area contributed by atoms with E-state index in [4.69, 9.17) is 16.3 Å². The first-order valence-corrected chi connectivity index (χ1v) is 7.62. The fourth-order valence-corrected chi connectivity index (χ4v) is 2.17. The van der Waals surface area contributed by atoms with E-state index in [1.165, 1.54) is 5.56 Å². The van der Waals surface area contributed by atoms with Crippen molar-refractivity contribution >= 4 is 17.5 Å². The van der Waals surface area contributed by atoms with Crippen LogP contribution in [0.3, 0.4) is 0 Å². The normalized spacial score (nSPS) is 13.3. The smallest absolute Gasteiger partial charge is 0.261 e. The highest BCUT2D eigenvalue weighted by Crippen LogP contribution is 2.18. The molecule has 2 aromatic carbocycles. The summed E-state index contributed by atoms with van der Waals surface area (Å²) in [4.78, 5) is 12.2. The summed E-state index contributed by atoms with van der Waals surface area (Å²) in [5.74, 6) is 0.470. The maximum absolute atomic E-state index is 12.2. The third-order valence-corrected chi connectivity index (χ3v) is 3.68. The molecule has 1 amide bonds. The van der Waals surface area contributed by atoms with Gasteiger partial charge in [-0.3, -0.25) is 4.79 Å². The molecule has 0 saturated heterocycles. The third kappa shape index (κ3) is 4.50. The number of aryl methyl sites for hydroxylation is 1. The molecule has 1 N–H and O–H groups in total. The summed E-state index contributed by atoms with van der Waals surface area (Å²) in [6.07, 6.45) is -0.575. The lowest BCUT2D eigenvalue weighted by molar-refractivity contribution is -0.127. The van der Waals surface area contributed by atoms with E-state index in [1.54, 1.807) is 31.2 Å². The number of carbonyl (C=O) groups is 1. The highest BCUT2D eigenvalue weighted by molar-refractivity contribution is 6.30. The summed E-state index contributed by atoms with van der Waals surface area (Å²) in [5.41, 5.74) is 2.26. The zero-order chi connectivity index (χ0) is 16.1. The van der Waals surface area contributed by atoms with Crippen molar-refractivity contribution in [3.63, 3.8) is 0 Å². The van der Waals surface area contributed by atoms with Gasteiger partial charge in [0.1, 0.15) is 5.75 Å². The zero-order valence-corrected chi connectivity index (χ0v) is 13.7. The molecule has 0 heterocycles. The lowest BCUT2D eigenvalue weighted by atomic mass is 10.1. The summed E-state index contributed by atoms with van der Waals surface area (Å²) < 4.78 is 5.62. The van der Waals surface area contributed by atoms with Crippen LogP contribution in [-0.2, 0) is 4.79 Å². The zero-order valence-electron chi connectivity index (χ0n) is 13.0. The van der Waals surface area contributed by atoms with E-state index in [9.17, 15) is 4.79 Å². The average molecular weight is 318 g/mol. The van der Waals surface area contributed by atoms with E-state index < -0.39 is 6.10 Å². The van der Waals surface area contributed by atoms with Gasteiger partial charge in [0.05, 0.1) is 6.04 Å². The minimum absolute atomic E-state index is 0.0654.